The second-order valence-electron chi connectivity index (χ2n) is 9.84. The lowest BCUT2D eigenvalue weighted by Crippen LogP contribution is -2.36. The molecular weight excluding hydrogens is 500 g/mol. The molecule has 0 atom stereocenters. The number of furan rings is 1. The third-order valence-electron chi connectivity index (χ3n) is 7.04. The van der Waals surface area contributed by atoms with Crippen molar-refractivity contribution in [3.63, 3.8) is 0 Å². The molecule has 1 N–H and O–H groups in total. The van der Waals surface area contributed by atoms with Gasteiger partial charge in [0.05, 0.1) is 24.1 Å². The van der Waals surface area contributed by atoms with Crippen molar-refractivity contribution in [2.75, 3.05) is 12.4 Å². The van der Waals surface area contributed by atoms with Gasteiger partial charge in [0, 0.05) is 27.9 Å². The SMILES string of the molecule is Cc1cc(C(=O)COC(=O)c2ccccc2SCC(=O)NC2CCCCCCC2)c(C)n1Cc1ccco1. The van der Waals surface area contributed by atoms with Crippen LogP contribution in [0.2, 0.25) is 0 Å². The zero-order valence-corrected chi connectivity index (χ0v) is 23.0. The summed E-state index contributed by atoms with van der Waals surface area (Å²) in [6.45, 7) is 3.97. The maximum absolute atomic E-state index is 12.9. The molecule has 2 aromatic heterocycles. The third-order valence-corrected chi connectivity index (χ3v) is 8.11. The number of thioether (sulfide) groups is 1. The fraction of sp³-hybridized carbons (Fsp3) is 0.433. The lowest BCUT2D eigenvalue weighted by molar-refractivity contribution is -0.119. The van der Waals surface area contributed by atoms with Crippen molar-refractivity contribution in [1.82, 2.24) is 9.88 Å². The standard InChI is InChI=1S/C30H36N2O5S/c1-21-17-26(22(2)32(21)18-24-13-10-16-36-24)27(33)19-37-30(35)25-14-8-9-15-28(25)38-20-29(34)31-23-11-6-4-3-5-7-12-23/h8-10,13-17,23H,3-7,11-12,18-20H2,1-2H3,(H,31,34). The molecule has 1 aliphatic carbocycles. The third kappa shape index (κ3) is 7.40. The minimum atomic E-state index is -0.578. The van der Waals surface area contributed by atoms with Gasteiger partial charge in [-0.15, -0.1) is 11.8 Å². The molecule has 4 rings (SSSR count). The average Bonchev–Trinajstić information content (AvgIpc) is 3.51. The van der Waals surface area contributed by atoms with E-state index >= 15 is 0 Å². The van der Waals surface area contributed by atoms with Crippen LogP contribution in [0.1, 0.15) is 82.8 Å². The van der Waals surface area contributed by atoms with Gasteiger partial charge in [0.15, 0.2) is 6.61 Å². The first kappa shape index (κ1) is 27.8. The molecule has 38 heavy (non-hydrogen) atoms. The number of carbonyl (C=O) groups is 3. The van der Waals surface area contributed by atoms with E-state index in [1.165, 1.54) is 31.0 Å². The Morgan fingerprint density at radius 3 is 2.47 bits per heavy atom. The van der Waals surface area contributed by atoms with E-state index in [4.69, 9.17) is 9.15 Å². The second kappa shape index (κ2) is 13.5. The van der Waals surface area contributed by atoms with Crippen molar-refractivity contribution in [2.45, 2.75) is 76.3 Å². The van der Waals surface area contributed by atoms with Gasteiger partial charge in [0.25, 0.3) is 0 Å². The van der Waals surface area contributed by atoms with Crippen molar-refractivity contribution >= 4 is 29.4 Å². The van der Waals surface area contributed by atoms with Gasteiger partial charge in [-0.25, -0.2) is 4.79 Å². The Balaban J connectivity index is 1.32. The first-order chi connectivity index (χ1) is 18.4. The Bertz CT molecular complexity index is 1240. The molecule has 0 radical (unpaired) electrons. The lowest BCUT2D eigenvalue weighted by Gasteiger charge is -2.21. The number of ketones is 1. The first-order valence-electron chi connectivity index (χ1n) is 13.3. The number of aromatic nitrogens is 1. The van der Waals surface area contributed by atoms with Gasteiger partial charge in [0.2, 0.25) is 11.7 Å². The van der Waals surface area contributed by atoms with Crippen LogP contribution >= 0.6 is 11.8 Å². The molecule has 0 saturated heterocycles. The number of hydrogen-bond acceptors (Lipinski definition) is 6. The van der Waals surface area contributed by atoms with Crippen LogP contribution in [0.15, 0.2) is 58.0 Å². The normalized spacial score (nSPS) is 14.5. The molecule has 1 aliphatic rings. The molecule has 1 aromatic carbocycles. The van der Waals surface area contributed by atoms with Gasteiger partial charge in [-0.2, -0.15) is 0 Å². The summed E-state index contributed by atoms with van der Waals surface area (Å²) in [5, 5.41) is 3.16. The Morgan fingerprint density at radius 2 is 1.74 bits per heavy atom. The Labute approximate surface area is 228 Å². The van der Waals surface area contributed by atoms with E-state index < -0.39 is 5.97 Å². The molecule has 0 unspecified atom stereocenters. The summed E-state index contributed by atoms with van der Waals surface area (Å²) in [5.74, 6) is 0.155. The number of amides is 1. The van der Waals surface area contributed by atoms with E-state index in [0.717, 1.165) is 42.8 Å². The maximum Gasteiger partial charge on any atom is 0.339 e. The molecule has 1 fully saturated rings. The highest BCUT2D eigenvalue weighted by Gasteiger charge is 2.20. The number of carbonyl (C=O) groups excluding carboxylic acids is 3. The van der Waals surface area contributed by atoms with Gasteiger partial charge in [-0.05, 0) is 57.0 Å². The van der Waals surface area contributed by atoms with Crippen LogP contribution in [-0.2, 0) is 16.1 Å². The summed E-state index contributed by atoms with van der Waals surface area (Å²) < 4.78 is 12.9. The summed E-state index contributed by atoms with van der Waals surface area (Å²) in [6, 6.07) is 12.8. The zero-order valence-electron chi connectivity index (χ0n) is 22.2. The van der Waals surface area contributed by atoms with Gasteiger partial charge >= 0.3 is 5.97 Å². The summed E-state index contributed by atoms with van der Waals surface area (Å²) in [6.07, 6.45) is 9.73. The molecule has 1 saturated carbocycles. The number of rotatable bonds is 10. The largest absolute Gasteiger partial charge is 0.467 e. The molecule has 0 spiro atoms. The highest BCUT2D eigenvalue weighted by molar-refractivity contribution is 8.00. The quantitative estimate of drug-likeness (QED) is 0.191. The minimum Gasteiger partial charge on any atom is -0.467 e. The molecule has 7 nitrogen and oxygen atoms in total. The fourth-order valence-electron chi connectivity index (χ4n) is 4.95. The monoisotopic (exact) mass is 536 g/mol. The minimum absolute atomic E-state index is 0.0242. The number of benzene rings is 1. The predicted octanol–water partition coefficient (Wildman–Crippen LogP) is 6.11. The lowest BCUT2D eigenvalue weighted by atomic mass is 9.97. The van der Waals surface area contributed by atoms with Crippen LogP contribution < -0.4 is 5.32 Å². The molecular formula is C30H36N2O5S. The van der Waals surface area contributed by atoms with E-state index in [9.17, 15) is 14.4 Å². The van der Waals surface area contributed by atoms with Crippen molar-refractivity contribution in [3.05, 3.63) is 77.0 Å². The van der Waals surface area contributed by atoms with E-state index in [0.29, 0.717) is 22.6 Å². The van der Waals surface area contributed by atoms with Crippen LogP contribution in [0.3, 0.4) is 0 Å². The molecule has 0 bridgehead atoms. The van der Waals surface area contributed by atoms with Gasteiger partial charge in [-0.3, -0.25) is 9.59 Å². The summed E-state index contributed by atoms with van der Waals surface area (Å²) >= 11 is 1.31. The highest BCUT2D eigenvalue weighted by atomic mass is 32.2. The molecule has 8 heteroatoms. The number of hydrogen-bond donors (Lipinski definition) is 1. The topological polar surface area (TPSA) is 90.5 Å². The Morgan fingerprint density at radius 1 is 1.00 bits per heavy atom. The van der Waals surface area contributed by atoms with E-state index in [-0.39, 0.29) is 30.1 Å². The van der Waals surface area contributed by atoms with Crippen molar-refractivity contribution in [2.24, 2.45) is 0 Å². The van der Waals surface area contributed by atoms with Crippen LogP contribution in [0.5, 0.6) is 0 Å². The molecule has 2 heterocycles. The Hall–Kier alpha value is -3.26. The maximum atomic E-state index is 12.9. The molecule has 1 amide bonds. The molecule has 0 aliphatic heterocycles. The molecule has 202 valence electrons. The number of nitrogens with one attached hydrogen (secondary N) is 1. The van der Waals surface area contributed by atoms with Gasteiger partial charge in [-0.1, -0.05) is 44.2 Å². The van der Waals surface area contributed by atoms with Crippen LogP contribution in [0.4, 0.5) is 0 Å². The van der Waals surface area contributed by atoms with E-state index in [1.54, 1.807) is 24.5 Å². The average molecular weight is 537 g/mol. The van der Waals surface area contributed by atoms with Crippen LogP contribution in [0, 0.1) is 13.8 Å². The number of nitrogens with zero attached hydrogens (tertiary/aromatic N) is 1. The van der Waals surface area contributed by atoms with Crippen LogP contribution in [-0.4, -0.2) is 40.6 Å². The number of ether oxygens (including phenoxy) is 1. The highest BCUT2D eigenvalue weighted by Crippen LogP contribution is 2.24. The Kier molecular flexibility index (Phi) is 9.87. The predicted molar refractivity (Wildman–Crippen MR) is 148 cm³/mol. The van der Waals surface area contributed by atoms with Gasteiger partial charge < -0.3 is 19.0 Å². The summed E-state index contributed by atoms with van der Waals surface area (Å²) in [7, 11) is 0. The zero-order chi connectivity index (χ0) is 26.9. The second-order valence-corrected chi connectivity index (χ2v) is 10.9. The van der Waals surface area contributed by atoms with E-state index in [2.05, 4.69) is 5.32 Å². The van der Waals surface area contributed by atoms with Gasteiger partial charge in [0.1, 0.15) is 5.76 Å². The van der Waals surface area contributed by atoms with E-state index in [1.807, 2.05) is 42.7 Å². The number of Topliss-reactive ketones (excluding diaryl/α,β-unsaturated/α-hetero) is 1. The number of aryl methyl sites for hydroxylation is 1. The van der Waals surface area contributed by atoms with Crippen molar-refractivity contribution < 1.29 is 23.5 Å². The van der Waals surface area contributed by atoms with Crippen molar-refractivity contribution in [3.8, 4) is 0 Å². The number of esters is 1. The fourth-order valence-corrected chi connectivity index (χ4v) is 5.80. The first-order valence-corrected chi connectivity index (χ1v) is 14.3. The van der Waals surface area contributed by atoms with Crippen LogP contribution in [0.25, 0.3) is 0 Å². The summed E-state index contributed by atoms with van der Waals surface area (Å²) in [5.41, 5.74) is 2.60. The smallest absolute Gasteiger partial charge is 0.339 e. The summed E-state index contributed by atoms with van der Waals surface area (Å²) in [4.78, 5) is 39.1. The van der Waals surface area contributed by atoms with Crippen molar-refractivity contribution in [1.29, 1.82) is 0 Å². The molecule has 3 aromatic rings.